The Kier molecular flexibility index (Phi) is 5.35. The van der Waals surface area contributed by atoms with Crippen molar-refractivity contribution in [3.63, 3.8) is 0 Å². The number of hydrogen-bond donors (Lipinski definition) is 2. The van der Waals surface area contributed by atoms with Gasteiger partial charge in [0.05, 0.1) is 10.5 Å². The van der Waals surface area contributed by atoms with Crippen LogP contribution in [0.4, 0.5) is 13.2 Å². The molecule has 0 aliphatic heterocycles. The largest absolute Gasteiger partial charge is 0.482 e. The summed E-state index contributed by atoms with van der Waals surface area (Å²) >= 11 is 0. The normalized spacial score (nSPS) is 16.6. The van der Waals surface area contributed by atoms with Crippen LogP contribution in [0, 0.1) is 0 Å². The topological polar surface area (TPSA) is 92.7 Å². The number of aliphatic carboxylic acids is 1. The van der Waals surface area contributed by atoms with Crippen LogP contribution in [-0.4, -0.2) is 32.1 Å². The van der Waals surface area contributed by atoms with Gasteiger partial charge in [0.1, 0.15) is 5.75 Å². The van der Waals surface area contributed by atoms with Crippen LogP contribution < -0.4 is 9.46 Å². The third kappa shape index (κ3) is 4.45. The molecular formula is C18H16F3NO5S. The first-order chi connectivity index (χ1) is 13.1. The summed E-state index contributed by atoms with van der Waals surface area (Å²) in [5.74, 6) is -0.804. The van der Waals surface area contributed by atoms with Gasteiger partial charge in [0.2, 0.25) is 10.0 Å². The van der Waals surface area contributed by atoms with Crippen molar-refractivity contribution in [1.82, 2.24) is 4.72 Å². The second-order valence-electron chi connectivity index (χ2n) is 6.33. The Morgan fingerprint density at radius 1 is 1.14 bits per heavy atom. The quantitative estimate of drug-likeness (QED) is 0.757. The van der Waals surface area contributed by atoms with Gasteiger partial charge in [-0.25, -0.2) is 17.9 Å². The summed E-state index contributed by atoms with van der Waals surface area (Å²) in [6.07, 6.45) is -4.23. The monoisotopic (exact) mass is 415 g/mol. The van der Waals surface area contributed by atoms with E-state index >= 15 is 0 Å². The van der Waals surface area contributed by atoms with Gasteiger partial charge < -0.3 is 9.84 Å². The van der Waals surface area contributed by atoms with Gasteiger partial charge in [-0.1, -0.05) is 18.2 Å². The molecule has 28 heavy (non-hydrogen) atoms. The highest BCUT2D eigenvalue weighted by Crippen LogP contribution is 2.34. The number of carboxylic acid groups (broad SMARTS) is 1. The maximum absolute atomic E-state index is 13.1. The van der Waals surface area contributed by atoms with Crippen molar-refractivity contribution in [2.45, 2.75) is 30.0 Å². The molecule has 0 fully saturated rings. The number of hydrogen-bond acceptors (Lipinski definition) is 4. The van der Waals surface area contributed by atoms with Crippen molar-refractivity contribution in [2.75, 3.05) is 6.61 Å². The summed E-state index contributed by atoms with van der Waals surface area (Å²) in [6, 6.07) is 8.26. The number of alkyl halides is 3. The fourth-order valence-corrected chi connectivity index (χ4v) is 4.59. The molecule has 3 rings (SSSR count). The number of ether oxygens (including phenoxy) is 1. The van der Waals surface area contributed by atoms with Gasteiger partial charge in [0.25, 0.3) is 0 Å². The molecule has 0 heterocycles. The summed E-state index contributed by atoms with van der Waals surface area (Å²) in [6.45, 7) is -0.511. The van der Waals surface area contributed by atoms with Gasteiger partial charge >= 0.3 is 12.1 Å². The van der Waals surface area contributed by atoms with Crippen LogP contribution in [0.5, 0.6) is 5.75 Å². The molecule has 0 amide bonds. The minimum Gasteiger partial charge on any atom is -0.482 e. The van der Waals surface area contributed by atoms with Crippen molar-refractivity contribution in [3.8, 4) is 5.75 Å². The number of rotatable bonds is 6. The first-order valence-electron chi connectivity index (χ1n) is 8.21. The second kappa shape index (κ2) is 7.44. The number of sulfonamides is 1. The van der Waals surface area contributed by atoms with E-state index in [4.69, 9.17) is 9.84 Å². The molecule has 2 aromatic rings. The van der Waals surface area contributed by atoms with Crippen molar-refractivity contribution >= 4 is 16.0 Å². The van der Waals surface area contributed by atoms with E-state index in [0.29, 0.717) is 12.2 Å². The first kappa shape index (κ1) is 20.2. The molecular weight excluding hydrogens is 399 g/mol. The Hall–Kier alpha value is -2.59. The number of benzene rings is 2. The van der Waals surface area contributed by atoms with Crippen molar-refractivity contribution < 1.29 is 36.2 Å². The highest BCUT2D eigenvalue weighted by Gasteiger charge is 2.38. The Morgan fingerprint density at radius 3 is 2.50 bits per heavy atom. The first-order valence-corrected chi connectivity index (χ1v) is 9.69. The molecule has 10 heteroatoms. The Balaban J connectivity index is 1.77. The zero-order chi connectivity index (χ0) is 20.5. The van der Waals surface area contributed by atoms with Crippen LogP contribution in [0.15, 0.2) is 47.4 Å². The number of carbonyl (C=O) groups is 1. The number of carboxylic acids is 1. The highest BCUT2D eigenvalue weighted by atomic mass is 32.2. The summed E-state index contributed by atoms with van der Waals surface area (Å²) in [5.41, 5.74) is 0.349. The molecule has 0 saturated carbocycles. The van der Waals surface area contributed by atoms with Gasteiger partial charge in [0, 0.05) is 6.04 Å². The lowest BCUT2D eigenvalue weighted by Gasteiger charge is -2.16. The molecule has 0 aromatic heterocycles. The SMILES string of the molecule is O=C(O)COc1ccc2c(c1)CC(NS(=O)(=O)c1ccccc1C(F)(F)F)C2. The lowest BCUT2D eigenvalue weighted by molar-refractivity contribution is -0.140. The number of fused-ring (bicyclic) bond motifs is 1. The van der Waals surface area contributed by atoms with Crippen LogP contribution in [0.25, 0.3) is 0 Å². The van der Waals surface area contributed by atoms with Crippen LogP contribution in [-0.2, 0) is 33.8 Å². The number of halogens is 3. The molecule has 0 bridgehead atoms. The molecule has 0 saturated heterocycles. The second-order valence-corrected chi connectivity index (χ2v) is 8.02. The predicted molar refractivity (Wildman–Crippen MR) is 92.5 cm³/mol. The molecule has 150 valence electrons. The standard InChI is InChI=1S/C18H16F3NO5S/c19-18(20,21)15-3-1-2-4-16(15)28(25,26)22-13-7-11-5-6-14(9-12(11)8-13)27-10-17(23)24/h1-6,9,13,22H,7-8,10H2,(H,23,24). The lowest BCUT2D eigenvalue weighted by Crippen LogP contribution is -2.36. The molecule has 1 unspecified atom stereocenters. The summed E-state index contributed by atoms with van der Waals surface area (Å²) in [4.78, 5) is 9.75. The van der Waals surface area contributed by atoms with E-state index in [9.17, 15) is 26.4 Å². The van der Waals surface area contributed by atoms with E-state index in [-0.39, 0.29) is 6.42 Å². The summed E-state index contributed by atoms with van der Waals surface area (Å²) in [7, 11) is -4.39. The highest BCUT2D eigenvalue weighted by molar-refractivity contribution is 7.89. The summed E-state index contributed by atoms with van der Waals surface area (Å²) < 4.78 is 71.9. The smallest absolute Gasteiger partial charge is 0.417 e. The lowest BCUT2D eigenvalue weighted by atomic mass is 10.1. The fourth-order valence-electron chi connectivity index (χ4n) is 3.13. The molecule has 1 aliphatic carbocycles. The molecule has 2 aromatic carbocycles. The van der Waals surface area contributed by atoms with E-state index in [1.54, 1.807) is 18.2 Å². The number of nitrogens with one attached hydrogen (secondary N) is 1. The fraction of sp³-hybridized carbons (Fsp3) is 0.278. The van der Waals surface area contributed by atoms with E-state index in [2.05, 4.69) is 4.72 Å². The van der Waals surface area contributed by atoms with Gasteiger partial charge in [0.15, 0.2) is 6.61 Å². The average molecular weight is 415 g/mol. The van der Waals surface area contributed by atoms with E-state index in [1.165, 1.54) is 6.07 Å². The Morgan fingerprint density at radius 2 is 1.82 bits per heavy atom. The minimum absolute atomic E-state index is 0.257. The molecule has 1 aliphatic rings. The van der Waals surface area contributed by atoms with Crippen LogP contribution >= 0.6 is 0 Å². The van der Waals surface area contributed by atoms with E-state index in [0.717, 1.165) is 29.3 Å². The Labute approximate surface area is 159 Å². The molecule has 0 radical (unpaired) electrons. The van der Waals surface area contributed by atoms with Crippen molar-refractivity contribution in [1.29, 1.82) is 0 Å². The zero-order valence-corrected chi connectivity index (χ0v) is 15.2. The Bertz CT molecular complexity index is 1000. The van der Waals surface area contributed by atoms with Crippen molar-refractivity contribution in [3.05, 3.63) is 59.2 Å². The molecule has 2 N–H and O–H groups in total. The molecule has 0 spiro atoms. The average Bonchev–Trinajstić information content (AvgIpc) is 2.99. The van der Waals surface area contributed by atoms with Crippen LogP contribution in [0.3, 0.4) is 0 Å². The predicted octanol–water partition coefficient (Wildman–Crippen LogP) is 2.61. The minimum atomic E-state index is -4.79. The van der Waals surface area contributed by atoms with Gasteiger partial charge in [-0.05, 0) is 48.2 Å². The zero-order valence-electron chi connectivity index (χ0n) is 14.4. The van der Waals surface area contributed by atoms with E-state index in [1.807, 2.05) is 0 Å². The maximum Gasteiger partial charge on any atom is 0.417 e. The molecule has 6 nitrogen and oxygen atoms in total. The third-order valence-corrected chi connectivity index (χ3v) is 5.86. The van der Waals surface area contributed by atoms with Gasteiger partial charge in [-0.3, -0.25) is 0 Å². The maximum atomic E-state index is 13.1. The summed E-state index contributed by atoms with van der Waals surface area (Å²) in [5, 5.41) is 8.64. The van der Waals surface area contributed by atoms with Crippen LogP contribution in [0.2, 0.25) is 0 Å². The van der Waals surface area contributed by atoms with Gasteiger partial charge in [-0.15, -0.1) is 0 Å². The van der Waals surface area contributed by atoms with Crippen LogP contribution in [0.1, 0.15) is 16.7 Å². The molecule has 1 atom stereocenters. The van der Waals surface area contributed by atoms with Gasteiger partial charge in [-0.2, -0.15) is 13.2 Å². The van der Waals surface area contributed by atoms with Crippen molar-refractivity contribution in [2.24, 2.45) is 0 Å². The van der Waals surface area contributed by atoms with E-state index < -0.39 is 45.3 Å². The third-order valence-electron chi connectivity index (χ3n) is 4.28.